The van der Waals surface area contributed by atoms with Gasteiger partial charge < -0.3 is 21.5 Å². The van der Waals surface area contributed by atoms with Gasteiger partial charge in [-0.15, -0.1) is 0 Å². The summed E-state index contributed by atoms with van der Waals surface area (Å²) in [4.78, 5) is 0. The van der Waals surface area contributed by atoms with E-state index in [9.17, 15) is 0 Å². The van der Waals surface area contributed by atoms with Crippen LogP contribution in [0.3, 0.4) is 0 Å². The van der Waals surface area contributed by atoms with Crippen LogP contribution in [0, 0.1) is 0 Å². The van der Waals surface area contributed by atoms with Crippen LogP contribution in [0.15, 0.2) is 182 Å². The van der Waals surface area contributed by atoms with E-state index in [4.69, 9.17) is 33.1 Å². The Kier molecular flexibility index (Phi) is 10.9. The summed E-state index contributed by atoms with van der Waals surface area (Å²) in [5.41, 5.74) is 21.0. The molecule has 0 saturated carbocycles. The van der Waals surface area contributed by atoms with Crippen LogP contribution in [0.2, 0.25) is 5.02 Å². The molecule has 0 heterocycles. The van der Waals surface area contributed by atoms with Crippen molar-refractivity contribution in [3.05, 3.63) is 187 Å². The van der Waals surface area contributed by atoms with Gasteiger partial charge in [-0.05, 0) is 91.7 Å². The zero-order chi connectivity index (χ0) is 34.9. The summed E-state index contributed by atoms with van der Waals surface area (Å²) < 4.78 is 0. The summed E-state index contributed by atoms with van der Waals surface area (Å²) in [5, 5.41) is 22.8. The highest BCUT2D eigenvalue weighted by molar-refractivity contribution is 6.58. The zero-order valence-corrected chi connectivity index (χ0v) is 28.1. The van der Waals surface area contributed by atoms with Crippen LogP contribution in [-0.2, 0) is 0 Å². The lowest BCUT2D eigenvalue weighted by Crippen LogP contribution is -2.29. The molecule has 0 unspecified atom stereocenters. The standard InChI is InChI=1S/C22H17N.C16H12ClN.C6H7BO2/c23-22-13-12-19(16-6-2-1-3-7-16)15-21(22)20-11-10-17-8-4-5-9-18(17)14-20;17-14-7-8-16(18)15(10-14)13-6-5-11-3-1-2-4-12(11)9-13;8-7(9)6-4-2-1-3-5-6/h1-15H,23H2;1-10H,18H2;1-5,8-9H. The maximum absolute atomic E-state index is 8.58. The first-order valence-corrected chi connectivity index (χ1v) is 16.6. The minimum Gasteiger partial charge on any atom is -0.423 e. The molecule has 4 nitrogen and oxygen atoms in total. The highest BCUT2D eigenvalue weighted by Gasteiger charge is 2.08. The third kappa shape index (κ3) is 8.41. The number of anilines is 2. The van der Waals surface area contributed by atoms with Crippen molar-refractivity contribution in [1.82, 2.24) is 0 Å². The van der Waals surface area contributed by atoms with Gasteiger partial charge >= 0.3 is 7.12 Å². The third-order valence-corrected chi connectivity index (χ3v) is 8.63. The van der Waals surface area contributed by atoms with E-state index in [2.05, 4.69) is 109 Å². The molecular weight excluding hydrogens is 635 g/mol. The Morgan fingerprint density at radius 3 is 1.34 bits per heavy atom. The lowest BCUT2D eigenvalue weighted by atomic mass is 9.81. The van der Waals surface area contributed by atoms with Crippen LogP contribution < -0.4 is 16.9 Å². The predicted molar refractivity (Wildman–Crippen MR) is 214 cm³/mol. The van der Waals surface area contributed by atoms with E-state index in [-0.39, 0.29) is 0 Å². The summed E-state index contributed by atoms with van der Waals surface area (Å²) in [6.07, 6.45) is 0. The number of hydrogen-bond donors (Lipinski definition) is 4. The van der Waals surface area contributed by atoms with E-state index in [0.717, 1.165) is 33.6 Å². The summed E-state index contributed by atoms with van der Waals surface area (Å²) in [5.74, 6) is 0. The topological polar surface area (TPSA) is 92.5 Å². The molecule has 8 aromatic carbocycles. The monoisotopic (exact) mass is 670 g/mol. The van der Waals surface area contributed by atoms with E-state index in [0.29, 0.717) is 10.5 Å². The maximum Gasteiger partial charge on any atom is 0.488 e. The molecule has 0 saturated heterocycles. The third-order valence-electron chi connectivity index (χ3n) is 8.39. The molecule has 6 N–H and O–H groups in total. The van der Waals surface area contributed by atoms with Crippen molar-refractivity contribution in [3.63, 3.8) is 0 Å². The summed E-state index contributed by atoms with van der Waals surface area (Å²) in [7, 11) is -1.34. The van der Waals surface area contributed by atoms with Crippen molar-refractivity contribution in [2.24, 2.45) is 0 Å². The fourth-order valence-electron chi connectivity index (χ4n) is 5.73. The molecule has 0 radical (unpaired) electrons. The molecule has 50 heavy (non-hydrogen) atoms. The average Bonchev–Trinajstić information content (AvgIpc) is 3.17. The average molecular weight is 671 g/mol. The molecule has 8 rings (SSSR count). The van der Waals surface area contributed by atoms with Crippen LogP contribution >= 0.6 is 11.6 Å². The summed E-state index contributed by atoms with van der Waals surface area (Å²) in [6.45, 7) is 0. The van der Waals surface area contributed by atoms with E-state index in [1.807, 2.05) is 42.5 Å². The Balaban J connectivity index is 0.000000142. The number of benzene rings is 8. The second-order valence-corrected chi connectivity index (χ2v) is 12.2. The van der Waals surface area contributed by atoms with Gasteiger partial charge in [-0.25, -0.2) is 0 Å². The number of nitrogen functional groups attached to an aromatic ring is 2. The molecule has 0 aromatic heterocycles. The first-order chi connectivity index (χ1) is 24.4. The van der Waals surface area contributed by atoms with E-state index < -0.39 is 7.12 Å². The highest BCUT2D eigenvalue weighted by Crippen LogP contribution is 2.33. The van der Waals surface area contributed by atoms with Crippen molar-refractivity contribution in [1.29, 1.82) is 0 Å². The van der Waals surface area contributed by atoms with Gasteiger partial charge in [0.1, 0.15) is 0 Å². The first-order valence-electron chi connectivity index (χ1n) is 16.2. The summed E-state index contributed by atoms with van der Waals surface area (Å²) in [6, 6.07) is 60.3. The molecule has 8 aromatic rings. The summed E-state index contributed by atoms with van der Waals surface area (Å²) >= 11 is 6.03. The minimum atomic E-state index is -1.34. The Morgan fingerprint density at radius 2 is 0.820 bits per heavy atom. The number of halogens is 1. The molecule has 0 spiro atoms. The molecule has 0 bridgehead atoms. The molecule has 0 aliphatic carbocycles. The van der Waals surface area contributed by atoms with Gasteiger partial charge in [0.05, 0.1) is 0 Å². The quantitative estimate of drug-likeness (QED) is 0.111. The Bertz CT molecular complexity index is 2350. The van der Waals surface area contributed by atoms with Gasteiger partial charge in [-0.3, -0.25) is 0 Å². The van der Waals surface area contributed by atoms with E-state index >= 15 is 0 Å². The lowest BCUT2D eigenvalue weighted by molar-refractivity contribution is 0.426. The minimum absolute atomic E-state index is 0.525. The van der Waals surface area contributed by atoms with Crippen molar-refractivity contribution in [3.8, 4) is 33.4 Å². The number of nitrogens with two attached hydrogens (primary N) is 2. The van der Waals surface area contributed by atoms with Crippen LogP contribution in [0.1, 0.15) is 0 Å². The van der Waals surface area contributed by atoms with Gasteiger partial charge in [0.25, 0.3) is 0 Å². The molecule has 0 amide bonds. The van der Waals surface area contributed by atoms with Crippen molar-refractivity contribution < 1.29 is 10.0 Å². The number of fused-ring (bicyclic) bond motifs is 2. The Morgan fingerprint density at radius 1 is 0.380 bits per heavy atom. The predicted octanol–water partition coefficient (Wildman–Crippen LogP) is 9.86. The second-order valence-electron chi connectivity index (χ2n) is 11.8. The SMILES string of the molecule is Nc1ccc(-c2ccccc2)cc1-c1ccc2ccccc2c1.Nc1ccc(Cl)cc1-c1ccc2ccccc2c1.OB(O)c1ccccc1. The van der Waals surface area contributed by atoms with Crippen LogP contribution in [0.25, 0.3) is 54.9 Å². The maximum atomic E-state index is 8.58. The van der Waals surface area contributed by atoms with Crippen molar-refractivity contribution >= 4 is 57.1 Å². The largest absolute Gasteiger partial charge is 0.488 e. The van der Waals surface area contributed by atoms with Gasteiger partial charge in [-0.2, -0.15) is 0 Å². The Hall–Kier alpha value is -5.85. The molecule has 6 heteroatoms. The smallest absolute Gasteiger partial charge is 0.423 e. The normalized spacial score (nSPS) is 10.5. The molecule has 0 fully saturated rings. The molecule has 244 valence electrons. The van der Waals surface area contributed by atoms with Gasteiger partial charge in [-0.1, -0.05) is 151 Å². The van der Waals surface area contributed by atoms with Gasteiger partial charge in [0.2, 0.25) is 0 Å². The first kappa shape index (κ1) is 34.0. The number of rotatable bonds is 4. The molecule has 0 aliphatic heterocycles. The zero-order valence-electron chi connectivity index (χ0n) is 27.3. The van der Waals surface area contributed by atoms with Crippen molar-refractivity contribution in [2.75, 3.05) is 11.5 Å². The molecule has 0 atom stereocenters. The second kappa shape index (κ2) is 16.0. The van der Waals surface area contributed by atoms with Gasteiger partial charge in [0.15, 0.2) is 0 Å². The highest BCUT2D eigenvalue weighted by atomic mass is 35.5. The van der Waals surface area contributed by atoms with E-state index in [1.54, 1.807) is 30.3 Å². The molecule has 0 aliphatic rings. The van der Waals surface area contributed by atoms with Crippen LogP contribution in [-0.4, -0.2) is 17.2 Å². The van der Waals surface area contributed by atoms with E-state index in [1.165, 1.54) is 32.7 Å². The lowest BCUT2D eigenvalue weighted by Gasteiger charge is -2.10. The fourth-order valence-corrected chi connectivity index (χ4v) is 5.91. The number of hydrogen-bond acceptors (Lipinski definition) is 4. The fraction of sp³-hybridized carbons (Fsp3) is 0. The Labute approximate surface area is 298 Å². The van der Waals surface area contributed by atoms with Gasteiger partial charge in [0, 0.05) is 27.5 Å². The van der Waals surface area contributed by atoms with Crippen LogP contribution in [0.4, 0.5) is 11.4 Å². The molecular formula is C44H36BClN2O2. The van der Waals surface area contributed by atoms with Crippen LogP contribution in [0.5, 0.6) is 0 Å². The van der Waals surface area contributed by atoms with Crippen molar-refractivity contribution in [2.45, 2.75) is 0 Å².